The molecule has 0 amide bonds. The van der Waals surface area contributed by atoms with Gasteiger partial charge in [0.05, 0.1) is 42.1 Å². The highest BCUT2D eigenvalue weighted by Crippen LogP contribution is 2.55. The Morgan fingerprint density at radius 2 is 1.67 bits per heavy atom. The maximum Gasteiger partial charge on any atom is 0.416 e. The Hall–Kier alpha value is -4.18. The summed E-state index contributed by atoms with van der Waals surface area (Å²) in [6.07, 6.45) is -8.33. The molecule has 15 heteroatoms. The molecule has 8 nitrogen and oxygen atoms in total. The van der Waals surface area contributed by atoms with Gasteiger partial charge in [0.15, 0.2) is 5.16 Å². The van der Waals surface area contributed by atoms with Crippen LogP contribution in [0.5, 0.6) is 5.75 Å². The normalized spacial score (nSPS) is 18.9. The fourth-order valence-corrected chi connectivity index (χ4v) is 7.22. The fourth-order valence-electron chi connectivity index (χ4n) is 6.86. The molecule has 1 saturated heterocycles. The van der Waals surface area contributed by atoms with Crippen LogP contribution in [0.15, 0.2) is 66.0 Å². The Kier molecular flexibility index (Phi) is 9.87. The Labute approximate surface area is 293 Å². The summed E-state index contributed by atoms with van der Waals surface area (Å²) in [5.74, 6) is 0.00609. The first-order valence-electron chi connectivity index (χ1n) is 15.8. The van der Waals surface area contributed by atoms with Gasteiger partial charge in [-0.15, -0.1) is 0 Å². The SMILES string of the molecule is COC(=O)c1ccc(-c2ccc(OC)c(-c3cnc(SC)nc3CN3C(O)O[C@H](c4cc(C(F)(F)F)cc(C(F)(F)F)c4)C34CCC4)c2)c(C)c1. The van der Waals surface area contributed by atoms with Crippen molar-refractivity contribution in [3.05, 3.63) is 94.3 Å². The molecule has 1 N–H and O–H groups in total. The number of aryl methyl sites for hydroxylation is 1. The molecule has 270 valence electrons. The van der Waals surface area contributed by atoms with Gasteiger partial charge < -0.3 is 19.3 Å². The molecule has 2 fully saturated rings. The third kappa shape index (κ3) is 6.91. The summed E-state index contributed by atoms with van der Waals surface area (Å²) >= 11 is 1.27. The Morgan fingerprint density at radius 3 is 2.22 bits per heavy atom. The minimum atomic E-state index is -5.04. The van der Waals surface area contributed by atoms with Crippen molar-refractivity contribution in [2.24, 2.45) is 0 Å². The lowest BCUT2D eigenvalue weighted by molar-refractivity contribution is -0.158. The van der Waals surface area contributed by atoms with Crippen LogP contribution in [-0.2, 0) is 28.4 Å². The summed E-state index contributed by atoms with van der Waals surface area (Å²) in [4.78, 5) is 22.9. The Bertz CT molecular complexity index is 1930. The van der Waals surface area contributed by atoms with Crippen LogP contribution in [0, 0.1) is 6.92 Å². The second kappa shape index (κ2) is 13.7. The average molecular weight is 734 g/mol. The molecule has 1 aliphatic carbocycles. The van der Waals surface area contributed by atoms with Crippen molar-refractivity contribution in [1.29, 1.82) is 0 Å². The van der Waals surface area contributed by atoms with E-state index in [1.165, 1.54) is 26.0 Å². The number of rotatable bonds is 8. The molecule has 51 heavy (non-hydrogen) atoms. The summed E-state index contributed by atoms with van der Waals surface area (Å²) in [7, 11) is 2.81. The number of benzene rings is 3. The van der Waals surface area contributed by atoms with Gasteiger partial charge in [0.2, 0.25) is 6.41 Å². The summed E-state index contributed by atoms with van der Waals surface area (Å²) in [5.41, 5.74) is 0.0103. The van der Waals surface area contributed by atoms with Crippen molar-refractivity contribution in [2.45, 2.75) is 68.3 Å². The van der Waals surface area contributed by atoms with Gasteiger partial charge in [-0.25, -0.2) is 19.7 Å². The van der Waals surface area contributed by atoms with Crippen LogP contribution in [0.3, 0.4) is 0 Å². The largest absolute Gasteiger partial charge is 0.496 e. The smallest absolute Gasteiger partial charge is 0.416 e. The number of thioether (sulfide) groups is 1. The molecule has 1 aromatic heterocycles. The number of aliphatic hydroxyl groups excluding tert-OH is 1. The molecule has 4 aromatic rings. The quantitative estimate of drug-likeness (QED) is 0.0829. The number of alkyl halides is 6. The number of methoxy groups -OCH3 is 2. The summed E-state index contributed by atoms with van der Waals surface area (Å²) in [6.45, 7) is 1.78. The number of carbonyl (C=O) groups excluding carboxylic acids is 1. The second-order valence-electron chi connectivity index (χ2n) is 12.4. The molecular weight excluding hydrogens is 700 g/mol. The third-order valence-corrected chi connectivity index (χ3v) is 10.1. The van der Waals surface area contributed by atoms with E-state index < -0.39 is 47.5 Å². The number of hydrogen-bond donors (Lipinski definition) is 1. The lowest BCUT2D eigenvalue weighted by Crippen LogP contribution is -2.54. The van der Waals surface area contributed by atoms with Crippen molar-refractivity contribution in [3.8, 4) is 28.0 Å². The zero-order valence-electron chi connectivity index (χ0n) is 27.9. The van der Waals surface area contributed by atoms with Gasteiger partial charge in [-0.2, -0.15) is 26.3 Å². The van der Waals surface area contributed by atoms with E-state index in [0.29, 0.717) is 64.7 Å². The van der Waals surface area contributed by atoms with Crippen LogP contribution < -0.4 is 4.74 Å². The molecule has 3 aromatic carbocycles. The highest BCUT2D eigenvalue weighted by Gasteiger charge is 2.58. The lowest BCUT2D eigenvalue weighted by Gasteiger charge is -2.48. The van der Waals surface area contributed by atoms with Crippen molar-refractivity contribution < 1.29 is 50.5 Å². The molecule has 2 atom stereocenters. The molecule has 2 heterocycles. The highest BCUT2D eigenvalue weighted by molar-refractivity contribution is 7.98. The predicted molar refractivity (Wildman–Crippen MR) is 176 cm³/mol. The number of ether oxygens (including phenoxy) is 3. The van der Waals surface area contributed by atoms with Crippen molar-refractivity contribution >= 4 is 17.7 Å². The van der Waals surface area contributed by atoms with E-state index in [-0.39, 0.29) is 18.2 Å². The summed E-state index contributed by atoms with van der Waals surface area (Å²) in [5, 5.41) is 11.7. The molecule has 0 bridgehead atoms. The Morgan fingerprint density at radius 1 is 0.980 bits per heavy atom. The Balaban J connectivity index is 1.42. The maximum absolute atomic E-state index is 13.8. The summed E-state index contributed by atoms with van der Waals surface area (Å²) in [6, 6.07) is 12.1. The maximum atomic E-state index is 13.8. The zero-order valence-corrected chi connectivity index (χ0v) is 28.7. The molecule has 2 aliphatic rings. The first kappa shape index (κ1) is 36.6. The number of carbonyl (C=O) groups is 1. The van der Waals surface area contributed by atoms with E-state index in [9.17, 15) is 36.2 Å². The molecule has 6 rings (SSSR count). The minimum Gasteiger partial charge on any atom is -0.496 e. The molecule has 1 unspecified atom stereocenters. The average Bonchev–Trinajstić information content (AvgIpc) is 3.38. The van der Waals surface area contributed by atoms with Crippen molar-refractivity contribution in [1.82, 2.24) is 14.9 Å². The van der Waals surface area contributed by atoms with Crippen LogP contribution >= 0.6 is 11.8 Å². The first-order valence-corrected chi connectivity index (χ1v) is 17.0. The molecule has 1 spiro atoms. The standard InChI is InChI=1S/C36H33F6N3O5S/c1-19-12-21(31(46)49-3)6-8-25(19)20-7-9-29(48-2)26(15-20)27-17-43-32(51-4)44-28(27)18-45-33(47)50-30(34(45)10-5-11-34)22-13-23(35(37,38)39)16-24(14-22)36(40,41)42/h6-9,12-17,30,33,47H,5,10-11,18H2,1-4H3/t30-,33?/m1/s1. The second-order valence-corrected chi connectivity index (χ2v) is 13.2. The number of aromatic nitrogens is 2. The van der Waals surface area contributed by atoms with E-state index in [1.54, 1.807) is 41.6 Å². The van der Waals surface area contributed by atoms with Crippen LogP contribution in [0.2, 0.25) is 0 Å². The molecule has 1 aliphatic heterocycles. The van der Waals surface area contributed by atoms with Crippen molar-refractivity contribution in [3.63, 3.8) is 0 Å². The van der Waals surface area contributed by atoms with Crippen molar-refractivity contribution in [2.75, 3.05) is 20.5 Å². The molecule has 1 saturated carbocycles. The van der Waals surface area contributed by atoms with Gasteiger partial charge >= 0.3 is 18.3 Å². The predicted octanol–water partition coefficient (Wildman–Crippen LogP) is 8.45. The zero-order chi connectivity index (χ0) is 36.9. The summed E-state index contributed by atoms with van der Waals surface area (Å²) < 4.78 is 99.2. The van der Waals surface area contributed by atoms with Crippen LogP contribution in [-0.4, -0.2) is 58.4 Å². The lowest BCUT2D eigenvalue weighted by atomic mass is 9.70. The van der Waals surface area contributed by atoms with E-state index in [0.717, 1.165) is 16.7 Å². The number of halogens is 6. The molecular formula is C36H33F6N3O5S. The van der Waals surface area contributed by atoms with Gasteiger partial charge in [-0.3, -0.25) is 0 Å². The first-order chi connectivity index (χ1) is 24.1. The van der Waals surface area contributed by atoms with E-state index in [4.69, 9.17) is 19.2 Å². The van der Waals surface area contributed by atoms with Gasteiger partial charge in [0.25, 0.3) is 0 Å². The van der Waals surface area contributed by atoms with E-state index in [2.05, 4.69) is 4.98 Å². The molecule has 0 radical (unpaired) electrons. The monoisotopic (exact) mass is 733 g/mol. The van der Waals surface area contributed by atoms with E-state index in [1.807, 2.05) is 19.1 Å². The van der Waals surface area contributed by atoms with Gasteiger partial charge in [-0.05, 0) is 97.2 Å². The third-order valence-electron chi connectivity index (χ3n) is 9.51. The van der Waals surface area contributed by atoms with Crippen LogP contribution in [0.1, 0.15) is 63.7 Å². The fraction of sp³-hybridized carbons (Fsp3) is 0.361. The van der Waals surface area contributed by atoms with Gasteiger partial charge in [0, 0.05) is 23.9 Å². The number of hydrogen-bond acceptors (Lipinski definition) is 9. The number of aliphatic hydroxyl groups is 1. The highest BCUT2D eigenvalue weighted by atomic mass is 32.2. The number of esters is 1. The van der Waals surface area contributed by atoms with Gasteiger partial charge in [0.1, 0.15) is 11.9 Å². The topological polar surface area (TPSA) is 94.0 Å². The number of nitrogens with zero attached hydrogens (tertiary/aromatic N) is 3. The van der Waals surface area contributed by atoms with E-state index >= 15 is 0 Å². The minimum absolute atomic E-state index is 0.0750. The van der Waals surface area contributed by atoms with Crippen LogP contribution in [0.4, 0.5) is 26.3 Å². The van der Waals surface area contributed by atoms with Crippen LogP contribution in [0.25, 0.3) is 22.3 Å². The van der Waals surface area contributed by atoms with Gasteiger partial charge in [-0.1, -0.05) is 23.9 Å².